The lowest BCUT2D eigenvalue weighted by Gasteiger charge is -2.09. The Labute approximate surface area is 176 Å². The van der Waals surface area contributed by atoms with E-state index in [1.54, 1.807) is 0 Å². The van der Waals surface area contributed by atoms with Crippen molar-refractivity contribution in [3.63, 3.8) is 0 Å². The van der Waals surface area contributed by atoms with Crippen molar-refractivity contribution in [3.05, 3.63) is 0 Å². The Hall–Kier alpha value is -1.22. The van der Waals surface area contributed by atoms with Gasteiger partial charge in [0.15, 0.2) is 0 Å². The summed E-state index contributed by atoms with van der Waals surface area (Å²) in [4.78, 5) is 22.1. The van der Waals surface area contributed by atoms with Crippen molar-refractivity contribution in [3.8, 4) is 0 Å². The van der Waals surface area contributed by atoms with E-state index < -0.39 is 0 Å². The average molecular weight is 419 g/mol. The quantitative estimate of drug-likeness (QED) is 0.277. The van der Waals surface area contributed by atoms with Crippen LogP contribution in [0.2, 0.25) is 0 Å². The predicted molar refractivity (Wildman–Crippen MR) is 113 cm³/mol. The second kappa shape index (κ2) is 21.5. The standard InChI is InChI=1S/C21H42N2O6/c1-19(2)29-18-21(25)23-11-7-5-9-13-27-15-17-28-16-14-26-12-8-4-6-10-22-20(3)24/h19H,4-18H2,1-3H3,(H,22,24)(H,23,25). The fraction of sp³-hybridized carbons (Fsp3) is 0.905. The number of unbranched alkanes of at least 4 members (excludes halogenated alkanes) is 4. The summed E-state index contributed by atoms with van der Waals surface area (Å²) in [6, 6.07) is 0. The Morgan fingerprint density at radius 1 is 0.690 bits per heavy atom. The van der Waals surface area contributed by atoms with Crippen molar-refractivity contribution in [2.45, 2.75) is 65.4 Å². The third-order valence-electron chi connectivity index (χ3n) is 3.92. The van der Waals surface area contributed by atoms with Gasteiger partial charge in [0.1, 0.15) is 6.61 Å². The summed E-state index contributed by atoms with van der Waals surface area (Å²) < 4.78 is 21.7. The Bertz CT molecular complexity index is 393. The second-order valence-electron chi connectivity index (χ2n) is 7.15. The maximum atomic E-state index is 11.4. The van der Waals surface area contributed by atoms with Gasteiger partial charge in [-0.2, -0.15) is 0 Å². The highest BCUT2D eigenvalue weighted by Gasteiger charge is 2.02. The average Bonchev–Trinajstić information content (AvgIpc) is 2.67. The van der Waals surface area contributed by atoms with Gasteiger partial charge in [0.05, 0.1) is 32.5 Å². The summed E-state index contributed by atoms with van der Waals surface area (Å²) in [7, 11) is 0. The number of amides is 2. The predicted octanol–water partition coefficient (Wildman–Crippen LogP) is 2.05. The van der Waals surface area contributed by atoms with Crippen molar-refractivity contribution < 1.29 is 28.5 Å². The first-order valence-corrected chi connectivity index (χ1v) is 10.9. The summed E-state index contributed by atoms with van der Waals surface area (Å²) in [6.07, 6.45) is 6.05. The maximum Gasteiger partial charge on any atom is 0.246 e. The van der Waals surface area contributed by atoms with E-state index in [0.29, 0.717) is 39.6 Å². The Morgan fingerprint density at radius 2 is 1.17 bits per heavy atom. The van der Waals surface area contributed by atoms with E-state index in [2.05, 4.69) is 10.6 Å². The van der Waals surface area contributed by atoms with Crippen molar-refractivity contribution in [2.24, 2.45) is 0 Å². The molecule has 0 atom stereocenters. The van der Waals surface area contributed by atoms with Crippen LogP contribution in [0.5, 0.6) is 0 Å². The molecule has 29 heavy (non-hydrogen) atoms. The molecule has 8 heteroatoms. The largest absolute Gasteiger partial charge is 0.379 e. The van der Waals surface area contributed by atoms with Gasteiger partial charge in [-0.05, 0) is 52.4 Å². The van der Waals surface area contributed by atoms with Crippen LogP contribution in [0.1, 0.15) is 59.3 Å². The highest BCUT2D eigenvalue weighted by molar-refractivity contribution is 5.77. The number of ether oxygens (including phenoxy) is 4. The normalized spacial score (nSPS) is 11.0. The third kappa shape index (κ3) is 24.7. The van der Waals surface area contributed by atoms with E-state index in [4.69, 9.17) is 18.9 Å². The van der Waals surface area contributed by atoms with Crippen LogP contribution >= 0.6 is 0 Å². The van der Waals surface area contributed by atoms with Gasteiger partial charge < -0.3 is 29.6 Å². The molecule has 0 aliphatic carbocycles. The maximum absolute atomic E-state index is 11.4. The molecule has 2 N–H and O–H groups in total. The zero-order valence-electron chi connectivity index (χ0n) is 18.6. The molecule has 0 radical (unpaired) electrons. The molecule has 172 valence electrons. The zero-order chi connectivity index (χ0) is 21.6. The second-order valence-corrected chi connectivity index (χ2v) is 7.15. The van der Waals surface area contributed by atoms with Crippen molar-refractivity contribution >= 4 is 11.8 Å². The number of hydrogen-bond donors (Lipinski definition) is 2. The van der Waals surface area contributed by atoms with Crippen molar-refractivity contribution in [1.82, 2.24) is 10.6 Å². The molecule has 0 unspecified atom stereocenters. The molecule has 8 nitrogen and oxygen atoms in total. The van der Waals surface area contributed by atoms with Crippen LogP contribution in [0.25, 0.3) is 0 Å². The SMILES string of the molecule is CC(=O)NCCCCCOCCOCCOCCCCCNC(=O)COC(C)C. The van der Waals surface area contributed by atoms with Gasteiger partial charge in [-0.25, -0.2) is 0 Å². The molecule has 0 aromatic rings. The molecule has 2 amide bonds. The van der Waals surface area contributed by atoms with Crippen molar-refractivity contribution in [2.75, 3.05) is 59.3 Å². The highest BCUT2D eigenvalue weighted by atomic mass is 16.5. The monoisotopic (exact) mass is 418 g/mol. The first kappa shape index (κ1) is 27.8. The van der Waals surface area contributed by atoms with Crippen LogP contribution in [-0.2, 0) is 28.5 Å². The molecule has 0 aromatic heterocycles. The first-order chi connectivity index (χ1) is 14.0. The highest BCUT2D eigenvalue weighted by Crippen LogP contribution is 1.96. The molecule has 0 fully saturated rings. The van der Waals surface area contributed by atoms with Crippen LogP contribution in [0.15, 0.2) is 0 Å². The third-order valence-corrected chi connectivity index (χ3v) is 3.92. The summed E-state index contributed by atoms with van der Waals surface area (Å²) >= 11 is 0. The van der Waals surface area contributed by atoms with E-state index >= 15 is 0 Å². The van der Waals surface area contributed by atoms with Gasteiger partial charge in [-0.1, -0.05) is 0 Å². The summed E-state index contributed by atoms with van der Waals surface area (Å²) in [5.74, 6) is -0.0331. The van der Waals surface area contributed by atoms with E-state index in [-0.39, 0.29) is 24.5 Å². The smallest absolute Gasteiger partial charge is 0.246 e. The van der Waals surface area contributed by atoms with Crippen molar-refractivity contribution in [1.29, 1.82) is 0 Å². The number of carbonyl (C=O) groups excluding carboxylic acids is 2. The van der Waals surface area contributed by atoms with Gasteiger partial charge >= 0.3 is 0 Å². The molecule has 0 spiro atoms. The molecule has 0 bridgehead atoms. The molecule has 0 aromatic carbocycles. The minimum atomic E-state index is -0.0574. The van der Waals surface area contributed by atoms with Crippen LogP contribution in [-0.4, -0.2) is 77.3 Å². The zero-order valence-corrected chi connectivity index (χ0v) is 18.6. The van der Waals surface area contributed by atoms with E-state index in [0.717, 1.165) is 51.7 Å². The Balaban J connectivity index is 3.10. The fourth-order valence-corrected chi connectivity index (χ4v) is 2.34. The van der Waals surface area contributed by atoms with Crippen LogP contribution in [0.3, 0.4) is 0 Å². The van der Waals surface area contributed by atoms with Gasteiger partial charge in [0, 0.05) is 33.2 Å². The fourth-order valence-electron chi connectivity index (χ4n) is 2.34. The molecule has 0 heterocycles. The molecule has 0 aliphatic rings. The topological polar surface area (TPSA) is 95.1 Å². The summed E-state index contributed by atoms with van der Waals surface area (Å²) in [6.45, 7) is 10.7. The minimum absolute atomic E-state index is 0.0242. The lowest BCUT2D eigenvalue weighted by Crippen LogP contribution is -2.29. The molecule has 0 rings (SSSR count). The number of rotatable bonds is 21. The van der Waals surface area contributed by atoms with Gasteiger partial charge in [-0.15, -0.1) is 0 Å². The summed E-state index contributed by atoms with van der Waals surface area (Å²) in [5, 5.41) is 5.62. The number of nitrogens with one attached hydrogen (secondary N) is 2. The van der Waals surface area contributed by atoms with Crippen LogP contribution in [0, 0.1) is 0 Å². The lowest BCUT2D eigenvalue weighted by molar-refractivity contribution is -0.127. The Kier molecular flexibility index (Phi) is 20.6. The van der Waals surface area contributed by atoms with Gasteiger partial charge in [0.2, 0.25) is 11.8 Å². The van der Waals surface area contributed by atoms with E-state index in [9.17, 15) is 9.59 Å². The Morgan fingerprint density at radius 3 is 1.66 bits per heavy atom. The van der Waals surface area contributed by atoms with Gasteiger partial charge in [0.25, 0.3) is 0 Å². The summed E-state index contributed by atoms with van der Waals surface area (Å²) in [5.41, 5.74) is 0. The lowest BCUT2D eigenvalue weighted by atomic mass is 10.2. The van der Waals surface area contributed by atoms with Crippen LogP contribution < -0.4 is 10.6 Å². The minimum Gasteiger partial charge on any atom is -0.379 e. The molecular formula is C21H42N2O6. The molecule has 0 saturated carbocycles. The molecule has 0 saturated heterocycles. The van der Waals surface area contributed by atoms with E-state index in [1.165, 1.54) is 6.92 Å². The van der Waals surface area contributed by atoms with Crippen LogP contribution in [0.4, 0.5) is 0 Å². The number of carbonyl (C=O) groups is 2. The van der Waals surface area contributed by atoms with Gasteiger partial charge in [-0.3, -0.25) is 9.59 Å². The number of hydrogen-bond acceptors (Lipinski definition) is 6. The molecule has 0 aliphatic heterocycles. The van der Waals surface area contributed by atoms with E-state index in [1.807, 2.05) is 13.8 Å². The first-order valence-electron chi connectivity index (χ1n) is 10.9. The molecular weight excluding hydrogens is 376 g/mol.